The van der Waals surface area contributed by atoms with Crippen molar-refractivity contribution in [3.8, 4) is 0 Å². The number of Topliss-reactive ketones (excluding diaryl/α,β-unsaturated/α-hetero) is 1. The number of carbonyl (C=O) groups is 1. The van der Waals surface area contributed by atoms with Crippen LogP contribution in [0.25, 0.3) is 0 Å². The molecule has 0 unspecified atom stereocenters. The van der Waals surface area contributed by atoms with Crippen molar-refractivity contribution >= 4 is 23.1 Å². The summed E-state index contributed by atoms with van der Waals surface area (Å²) in [5.41, 5.74) is 1.76. The van der Waals surface area contributed by atoms with Gasteiger partial charge in [0, 0.05) is 18.6 Å². The molecule has 0 fully saturated rings. The summed E-state index contributed by atoms with van der Waals surface area (Å²) in [5.74, 6) is -0.765. The van der Waals surface area contributed by atoms with Gasteiger partial charge < -0.3 is 4.90 Å². The second-order valence-corrected chi connectivity index (χ2v) is 5.11. The molecule has 104 valence electrons. The van der Waals surface area contributed by atoms with Crippen LogP contribution in [0.5, 0.6) is 0 Å². The predicted molar refractivity (Wildman–Crippen MR) is 80.0 cm³/mol. The van der Waals surface area contributed by atoms with Crippen LogP contribution in [0, 0.1) is 5.82 Å². The van der Waals surface area contributed by atoms with E-state index in [2.05, 4.69) is 0 Å². The Kier molecular flexibility index (Phi) is 4.40. The molecule has 2 aromatic carbocycles. The van der Waals surface area contributed by atoms with E-state index in [-0.39, 0.29) is 11.3 Å². The first-order valence-electron chi connectivity index (χ1n) is 6.24. The summed E-state index contributed by atoms with van der Waals surface area (Å²) in [6, 6.07) is 12.1. The summed E-state index contributed by atoms with van der Waals surface area (Å²) >= 11 is 5.84. The maximum Gasteiger partial charge on any atom is 0.164 e. The Bertz CT molecular complexity index is 625. The second kappa shape index (κ2) is 6.06. The zero-order valence-electron chi connectivity index (χ0n) is 11.4. The van der Waals surface area contributed by atoms with Crippen molar-refractivity contribution in [1.82, 2.24) is 0 Å². The van der Waals surface area contributed by atoms with Crippen LogP contribution >= 0.6 is 11.6 Å². The lowest BCUT2D eigenvalue weighted by Gasteiger charge is -2.22. The zero-order chi connectivity index (χ0) is 14.7. The molecule has 2 rings (SSSR count). The Morgan fingerprint density at radius 3 is 2.45 bits per heavy atom. The summed E-state index contributed by atoms with van der Waals surface area (Å²) in [5, 5.41) is 0.673. The number of nitrogens with zero attached hydrogens (tertiary/aromatic N) is 1. The molecular formula is C16H15ClFNO. The van der Waals surface area contributed by atoms with Gasteiger partial charge in [-0.3, -0.25) is 4.79 Å². The highest BCUT2D eigenvalue weighted by molar-refractivity contribution is 6.30. The Morgan fingerprint density at radius 2 is 1.85 bits per heavy atom. The lowest BCUT2D eigenvalue weighted by Crippen LogP contribution is -2.19. The number of hydrogen-bond acceptors (Lipinski definition) is 2. The van der Waals surface area contributed by atoms with Crippen LogP contribution in [0.15, 0.2) is 42.5 Å². The van der Waals surface area contributed by atoms with Gasteiger partial charge in [0.15, 0.2) is 5.78 Å². The van der Waals surface area contributed by atoms with Crippen LogP contribution in [-0.2, 0) is 6.54 Å². The fourth-order valence-corrected chi connectivity index (χ4v) is 2.25. The molecule has 4 heteroatoms. The van der Waals surface area contributed by atoms with Gasteiger partial charge in [0.25, 0.3) is 0 Å². The molecule has 2 aromatic rings. The molecule has 0 aliphatic rings. The average Bonchev–Trinajstić information content (AvgIpc) is 2.40. The van der Waals surface area contributed by atoms with E-state index in [1.54, 1.807) is 12.1 Å². The monoisotopic (exact) mass is 291 g/mol. The first-order chi connectivity index (χ1) is 9.49. The maximum absolute atomic E-state index is 13.8. The van der Waals surface area contributed by atoms with E-state index in [9.17, 15) is 9.18 Å². The molecule has 0 saturated heterocycles. The number of halogens is 2. The van der Waals surface area contributed by atoms with Crippen LogP contribution in [0.2, 0.25) is 5.02 Å². The number of benzene rings is 2. The maximum atomic E-state index is 13.8. The van der Waals surface area contributed by atoms with E-state index in [0.29, 0.717) is 17.3 Å². The molecule has 0 spiro atoms. The minimum atomic E-state index is -0.488. The van der Waals surface area contributed by atoms with E-state index in [1.807, 2.05) is 36.2 Å². The van der Waals surface area contributed by atoms with Crippen molar-refractivity contribution in [2.24, 2.45) is 0 Å². The fraction of sp³-hybridized carbons (Fsp3) is 0.188. The van der Waals surface area contributed by atoms with E-state index in [0.717, 1.165) is 5.56 Å². The van der Waals surface area contributed by atoms with Gasteiger partial charge in [-0.1, -0.05) is 29.8 Å². The van der Waals surface area contributed by atoms with Gasteiger partial charge >= 0.3 is 0 Å². The summed E-state index contributed by atoms with van der Waals surface area (Å²) < 4.78 is 13.8. The van der Waals surface area contributed by atoms with Gasteiger partial charge in [-0.2, -0.15) is 0 Å². The Labute approximate surface area is 122 Å². The van der Waals surface area contributed by atoms with Crippen molar-refractivity contribution in [2.75, 3.05) is 11.9 Å². The van der Waals surface area contributed by atoms with Crippen molar-refractivity contribution in [3.63, 3.8) is 0 Å². The lowest BCUT2D eigenvalue weighted by atomic mass is 10.1. The third-order valence-corrected chi connectivity index (χ3v) is 3.34. The van der Waals surface area contributed by atoms with Crippen molar-refractivity contribution in [1.29, 1.82) is 0 Å². The SMILES string of the molecule is CC(=O)c1c(F)cccc1N(C)Cc1ccc(Cl)cc1. The number of ketones is 1. The molecule has 0 N–H and O–H groups in total. The van der Waals surface area contributed by atoms with Gasteiger partial charge in [-0.25, -0.2) is 4.39 Å². The lowest BCUT2D eigenvalue weighted by molar-refractivity contribution is 0.101. The van der Waals surface area contributed by atoms with E-state index >= 15 is 0 Å². The molecule has 0 bridgehead atoms. The summed E-state index contributed by atoms with van der Waals surface area (Å²) in [6.07, 6.45) is 0. The standard InChI is InChI=1S/C16H15ClFNO/c1-11(20)16-14(18)4-3-5-15(16)19(2)10-12-6-8-13(17)9-7-12/h3-9H,10H2,1-2H3. The smallest absolute Gasteiger partial charge is 0.164 e. The largest absolute Gasteiger partial charge is 0.370 e. The third-order valence-electron chi connectivity index (χ3n) is 3.09. The summed E-state index contributed by atoms with van der Waals surface area (Å²) in [7, 11) is 1.83. The normalized spacial score (nSPS) is 10.4. The highest BCUT2D eigenvalue weighted by Gasteiger charge is 2.15. The van der Waals surface area contributed by atoms with Gasteiger partial charge in [0.1, 0.15) is 5.82 Å². The molecule has 0 radical (unpaired) electrons. The second-order valence-electron chi connectivity index (χ2n) is 4.67. The Balaban J connectivity index is 2.29. The third kappa shape index (κ3) is 3.17. The molecule has 0 aliphatic carbocycles. The van der Waals surface area contributed by atoms with Crippen LogP contribution in [0.4, 0.5) is 10.1 Å². The van der Waals surface area contributed by atoms with Crippen molar-refractivity contribution < 1.29 is 9.18 Å². The molecular weight excluding hydrogens is 277 g/mol. The molecule has 0 saturated carbocycles. The van der Waals surface area contributed by atoms with Crippen LogP contribution < -0.4 is 4.90 Å². The minimum Gasteiger partial charge on any atom is -0.370 e. The fourth-order valence-electron chi connectivity index (χ4n) is 2.13. The van der Waals surface area contributed by atoms with E-state index in [4.69, 9.17) is 11.6 Å². The topological polar surface area (TPSA) is 20.3 Å². The van der Waals surface area contributed by atoms with E-state index in [1.165, 1.54) is 13.0 Å². The van der Waals surface area contributed by atoms with Gasteiger partial charge in [0.2, 0.25) is 0 Å². The zero-order valence-corrected chi connectivity index (χ0v) is 12.1. The molecule has 0 heterocycles. The number of hydrogen-bond donors (Lipinski definition) is 0. The quantitative estimate of drug-likeness (QED) is 0.782. The highest BCUT2D eigenvalue weighted by atomic mass is 35.5. The summed E-state index contributed by atoms with van der Waals surface area (Å²) in [4.78, 5) is 13.5. The van der Waals surface area contributed by atoms with E-state index < -0.39 is 5.82 Å². The van der Waals surface area contributed by atoms with Crippen molar-refractivity contribution in [3.05, 3.63) is 64.4 Å². The first kappa shape index (κ1) is 14.5. The molecule has 0 aromatic heterocycles. The molecule has 0 atom stereocenters. The molecule has 2 nitrogen and oxygen atoms in total. The summed E-state index contributed by atoms with van der Waals surface area (Å²) in [6.45, 7) is 1.94. The van der Waals surface area contributed by atoms with Gasteiger partial charge in [-0.15, -0.1) is 0 Å². The van der Waals surface area contributed by atoms with Gasteiger partial charge in [-0.05, 0) is 36.8 Å². The highest BCUT2D eigenvalue weighted by Crippen LogP contribution is 2.24. The first-order valence-corrected chi connectivity index (χ1v) is 6.62. The van der Waals surface area contributed by atoms with Crippen LogP contribution in [0.1, 0.15) is 22.8 Å². The van der Waals surface area contributed by atoms with Crippen molar-refractivity contribution in [2.45, 2.75) is 13.5 Å². The Morgan fingerprint density at radius 1 is 1.20 bits per heavy atom. The van der Waals surface area contributed by atoms with Crippen LogP contribution in [-0.4, -0.2) is 12.8 Å². The minimum absolute atomic E-state index is 0.129. The molecule has 0 amide bonds. The molecule has 0 aliphatic heterocycles. The Hall–Kier alpha value is -1.87. The average molecular weight is 292 g/mol. The van der Waals surface area contributed by atoms with Gasteiger partial charge in [0.05, 0.1) is 11.3 Å². The number of anilines is 1. The predicted octanol–water partition coefficient (Wildman–Crippen LogP) is 4.32. The van der Waals surface area contributed by atoms with Crippen LogP contribution in [0.3, 0.4) is 0 Å². The number of carbonyl (C=O) groups excluding carboxylic acids is 1. The number of rotatable bonds is 4. The molecule has 20 heavy (non-hydrogen) atoms.